The molecule has 1 amide bonds. The Kier molecular flexibility index (Phi) is 6.41. The van der Waals surface area contributed by atoms with Crippen LogP contribution in [0.2, 0.25) is 0 Å². The molecule has 0 bridgehead atoms. The van der Waals surface area contributed by atoms with E-state index in [0.29, 0.717) is 31.4 Å². The number of amides is 1. The summed E-state index contributed by atoms with van der Waals surface area (Å²) in [5.41, 5.74) is 3.63. The zero-order chi connectivity index (χ0) is 22.6. The summed E-state index contributed by atoms with van der Waals surface area (Å²) in [6, 6.07) is 20.0. The second-order valence-corrected chi connectivity index (χ2v) is 8.62. The van der Waals surface area contributed by atoms with E-state index in [1.165, 1.54) is 0 Å². The fourth-order valence-corrected chi connectivity index (χ4v) is 4.36. The molecule has 33 heavy (non-hydrogen) atoms. The summed E-state index contributed by atoms with van der Waals surface area (Å²) in [4.78, 5) is 15.7. The number of carbonyl (C=O) groups is 1. The van der Waals surface area contributed by atoms with Gasteiger partial charge in [0.25, 0.3) is 5.91 Å². The van der Waals surface area contributed by atoms with Gasteiger partial charge in [-0.1, -0.05) is 30.3 Å². The van der Waals surface area contributed by atoms with E-state index >= 15 is 0 Å². The predicted octanol–water partition coefficient (Wildman–Crippen LogP) is 3.56. The van der Waals surface area contributed by atoms with Gasteiger partial charge in [0, 0.05) is 25.6 Å². The summed E-state index contributed by atoms with van der Waals surface area (Å²) in [5, 5.41) is 7.97. The Hall–Kier alpha value is -3.16. The maximum atomic E-state index is 13.4. The Bertz CT molecular complexity index is 1070. The molecule has 5 rings (SSSR count). The van der Waals surface area contributed by atoms with Gasteiger partial charge in [0.1, 0.15) is 11.4 Å². The molecular weight excluding hydrogens is 416 g/mol. The van der Waals surface area contributed by atoms with E-state index in [9.17, 15) is 4.79 Å². The molecule has 7 nitrogen and oxygen atoms in total. The van der Waals surface area contributed by atoms with Crippen molar-refractivity contribution in [1.29, 1.82) is 0 Å². The Labute approximate surface area is 194 Å². The lowest BCUT2D eigenvalue weighted by Gasteiger charge is -2.35. The number of nitrogens with zero attached hydrogens (tertiary/aromatic N) is 3. The Morgan fingerprint density at radius 3 is 2.52 bits per heavy atom. The molecule has 2 fully saturated rings. The molecule has 0 radical (unpaired) electrons. The summed E-state index contributed by atoms with van der Waals surface area (Å²) in [7, 11) is 1.67. The molecule has 1 atom stereocenters. The largest absolute Gasteiger partial charge is 0.497 e. The van der Waals surface area contributed by atoms with Crippen molar-refractivity contribution in [3.8, 4) is 11.4 Å². The third-order valence-corrected chi connectivity index (χ3v) is 6.40. The van der Waals surface area contributed by atoms with Crippen LogP contribution in [0.5, 0.6) is 5.75 Å². The molecule has 2 aromatic carbocycles. The van der Waals surface area contributed by atoms with Gasteiger partial charge in [0.2, 0.25) is 0 Å². The first kappa shape index (κ1) is 21.7. The van der Waals surface area contributed by atoms with Crippen LogP contribution in [0.25, 0.3) is 5.69 Å². The predicted molar refractivity (Wildman–Crippen MR) is 126 cm³/mol. The first-order valence-electron chi connectivity index (χ1n) is 11.6. The first-order valence-corrected chi connectivity index (χ1v) is 11.6. The van der Waals surface area contributed by atoms with Gasteiger partial charge in [-0.05, 0) is 48.7 Å². The molecule has 2 aliphatic rings. The molecule has 1 saturated carbocycles. The van der Waals surface area contributed by atoms with Crippen LogP contribution in [0, 0.1) is 0 Å². The fourth-order valence-electron chi connectivity index (χ4n) is 4.36. The molecule has 0 unspecified atom stereocenters. The highest BCUT2D eigenvalue weighted by Crippen LogP contribution is 2.39. The molecule has 1 aliphatic heterocycles. The minimum atomic E-state index is -0.106. The van der Waals surface area contributed by atoms with E-state index in [0.717, 1.165) is 48.6 Å². The quantitative estimate of drug-likeness (QED) is 0.573. The van der Waals surface area contributed by atoms with Crippen molar-refractivity contribution in [2.24, 2.45) is 0 Å². The fraction of sp³-hybridized carbons (Fsp3) is 0.385. The molecule has 1 aromatic heterocycles. The van der Waals surface area contributed by atoms with Gasteiger partial charge in [0.15, 0.2) is 0 Å². The molecule has 3 aromatic rings. The number of morpholine rings is 1. The third-order valence-electron chi connectivity index (χ3n) is 6.40. The van der Waals surface area contributed by atoms with E-state index in [1.54, 1.807) is 11.8 Å². The average Bonchev–Trinajstić information content (AvgIpc) is 3.63. The number of methoxy groups -OCH3 is 1. The number of hydrogen-bond acceptors (Lipinski definition) is 5. The number of hydrogen-bond donors (Lipinski definition) is 1. The summed E-state index contributed by atoms with van der Waals surface area (Å²) in [6.45, 7) is 3.57. The van der Waals surface area contributed by atoms with Crippen LogP contribution in [-0.4, -0.2) is 60.5 Å². The highest BCUT2D eigenvalue weighted by molar-refractivity contribution is 5.93. The van der Waals surface area contributed by atoms with Crippen LogP contribution in [-0.2, 0) is 4.74 Å². The van der Waals surface area contributed by atoms with Gasteiger partial charge in [0.05, 0.1) is 37.7 Å². The summed E-state index contributed by atoms with van der Waals surface area (Å²) >= 11 is 0. The normalized spacial score (nSPS) is 17.5. The highest BCUT2D eigenvalue weighted by Gasteiger charge is 2.30. The van der Waals surface area contributed by atoms with E-state index in [2.05, 4.69) is 22.3 Å². The SMILES string of the molecule is COc1ccc([C@@H](CNC(=O)c2cc(C3CC3)nn2-c2ccccc2)N2CCOCC2)cc1. The maximum absolute atomic E-state index is 13.4. The molecule has 172 valence electrons. The topological polar surface area (TPSA) is 68.6 Å². The minimum Gasteiger partial charge on any atom is -0.497 e. The molecule has 1 N–H and O–H groups in total. The molecule has 2 heterocycles. The maximum Gasteiger partial charge on any atom is 0.270 e. The third kappa shape index (κ3) is 4.94. The molecule has 7 heteroatoms. The second-order valence-electron chi connectivity index (χ2n) is 8.62. The lowest BCUT2D eigenvalue weighted by atomic mass is 10.0. The van der Waals surface area contributed by atoms with Gasteiger partial charge in [-0.2, -0.15) is 5.10 Å². The first-order chi connectivity index (χ1) is 16.2. The summed E-state index contributed by atoms with van der Waals surface area (Å²) in [6.07, 6.45) is 2.28. The van der Waals surface area contributed by atoms with Crippen molar-refractivity contribution in [3.05, 3.63) is 77.6 Å². The number of benzene rings is 2. The Morgan fingerprint density at radius 1 is 1.12 bits per heavy atom. The van der Waals surface area contributed by atoms with E-state index in [-0.39, 0.29) is 11.9 Å². The lowest BCUT2D eigenvalue weighted by molar-refractivity contribution is 0.0162. The van der Waals surface area contributed by atoms with Crippen LogP contribution in [0.1, 0.15) is 46.5 Å². The number of rotatable bonds is 8. The zero-order valence-electron chi connectivity index (χ0n) is 18.9. The van der Waals surface area contributed by atoms with Crippen molar-refractivity contribution >= 4 is 5.91 Å². The standard InChI is InChI=1S/C26H30N4O3/c1-32-22-11-9-20(10-12-22)25(29-13-15-33-16-14-29)18-27-26(31)24-17-23(19-7-8-19)28-30(24)21-5-3-2-4-6-21/h2-6,9-12,17,19,25H,7-8,13-16,18H2,1H3,(H,27,31)/t25-/m1/s1. The lowest BCUT2D eigenvalue weighted by Crippen LogP contribution is -2.44. The van der Waals surface area contributed by atoms with Crippen molar-refractivity contribution in [3.63, 3.8) is 0 Å². The smallest absolute Gasteiger partial charge is 0.270 e. The second kappa shape index (κ2) is 9.77. The monoisotopic (exact) mass is 446 g/mol. The Morgan fingerprint density at radius 2 is 1.85 bits per heavy atom. The van der Waals surface area contributed by atoms with Crippen molar-refractivity contribution in [1.82, 2.24) is 20.0 Å². The van der Waals surface area contributed by atoms with Crippen molar-refractivity contribution < 1.29 is 14.3 Å². The number of ether oxygens (including phenoxy) is 2. The van der Waals surface area contributed by atoms with Gasteiger partial charge in [-0.15, -0.1) is 0 Å². The van der Waals surface area contributed by atoms with Crippen molar-refractivity contribution in [2.45, 2.75) is 24.8 Å². The molecule has 0 spiro atoms. The average molecular weight is 447 g/mol. The highest BCUT2D eigenvalue weighted by atomic mass is 16.5. The van der Waals surface area contributed by atoms with Crippen LogP contribution < -0.4 is 10.1 Å². The van der Waals surface area contributed by atoms with Gasteiger partial charge >= 0.3 is 0 Å². The van der Waals surface area contributed by atoms with Gasteiger partial charge < -0.3 is 14.8 Å². The molecular formula is C26H30N4O3. The molecule has 1 aliphatic carbocycles. The van der Waals surface area contributed by atoms with Crippen LogP contribution >= 0.6 is 0 Å². The summed E-state index contributed by atoms with van der Waals surface area (Å²) in [5.74, 6) is 1.19. The molecule has 1 saturated heterocycles. The van der Waals surface area contributed by atoms with E-state index in [4.69, 9.17) is 14.6 Å². The number of nitrogens with one attached hydrogen (secondary N) is 1. The number of carbonyl (C=O) groups excluding carboxylic acids is 1. The summed E-state index contributed by atoms with van der Waals surface area (Å²) < 4.78 is 12.6. The van der Waals surface area contributed by atoms with Crippen LogP contribution in [0.3, 0.4) is 0 Å². The van der Waals surface area contributed by atoms with Gasteiger partial charge in [-0.25, -0.2) is 4.68 Å². The van der Waals surface area contributed by atoms with Crippen LogP contribution in [0.4, 0.5) is 0 Å². The Balaban J connectivity index is 1.37. The van der Waals surface area contributed by atoms with Gasteiger partial charge in [-0.3, -0.25) is 9.69 Å². The van der Waals surface area contributed by atoms with E-state index in [1.807, 2.05) is 48.5 Å². The van der Waals surface area contributed by atoms with E-state index < -0.39 is 0 Å². The minimum absolute atomic E-state index is 0.0553. The van der Waals surface area contributed by atoms with Crippen LogP contribution in [0.15, 0.2) is 60.7 Å². The number of para-hydroxylation sites is 1. The van der Waals surface area contributed by atoms with Crippen molar-refractivity contribution in [2.75, 3.05) is 40.0 Å². The number of aromatic nitrogens is 2. The zero-order valence-corrected chi connectivity index (χ0v) is 18.9.